The highest BCUT2D eigenvalue weighted by Gasteiger charge is 2.34. The Kier molecular flexibility index (Phi) is 7.32. The monoisotopic (exact) mass is 532 g/mol. The number of pyridine rings is 1. The van der Waals surface area contributed by atoms with Gasteiger partial charge in [-0.3, -0.25) is 19.1 Å². The van der Waals surface area contributed by atoms with Gasteiger partial charge in [-0.2, -0.15) is 0 Å². The Hall–Kier alpha value is -3.55. The molecule has 2 aliphatic heterocycles. The molecule has 4 heterocycles. The predicted octanol–water partition coefficient (Wildman–Crippen LogP) is 4.31. The Labute approximate surface area is 228 Å². The molecule has 0 bridgehead atoms. The van der Waals surface area contributed by atoms with Crippen LogP contribution in [0.15, 0.2) is 71.7 Å². The maximum atomic E-state index is 13.2. The van der Waals surface area contributed by atoms with E-state index in [0.29, 0.717) is 18.9 Å². The number of hydrogen-bond donors (Lipinski definition) is 0. The minimum Gasteiger partial charge on any atom is -0.489 e. The van der Waals surface area contributed by atoms with E-state index in [1.165, 1.54) is 17.3 Å². The van der Waals surface area contributed by atoms with Gasteiger partial charge in [0, 0.05) is 55.5 Å². The number of likely N-dealkylation sites (tertiary alicyclic amines) is 1. The van der Waals surface area contributed by atoms with Crippen molar-refractivity contribution in [2.24, 2.45) is 7.05 Å². The van der Waals surface area contributed by atoms with Crippen molar-refractivity contribution in [1.82, 2.24) is 18.9 Å². The normalized spacial score (nSPS) is 17.3. The Morgan fingerprint density at radius 1 is 1.03 bits per heavy atom. The number of benzene rings is 2. The number of halogens is 1. The maximum Gasteiger partial charge on any atom is 0.258 e. The van der Waals surface area contributed by atoms with E-state index < -0.39 is 0 Å². The van der Waals surface area contributed by atoms with Crippen LogP contribution < -0.4 is 10.3 Å². The molecular formula is C30H33ClN4O3. The summed E-state index contributed by atoms with van der Waals surface area (Å²) in [5.41, 5.74) is 5.30. The van der Waals surface area contributed by atoms with Crippen molar-refractivity contribution in [2.45, 2.75) is 38.5 Å². The zero-order valence-corrected chi connectivity index (χ0v) is 22.6. The minimum atomic E-state index is -0.138. The molecule has 38 heavy (non-hydrogen) atoms. The molecule has 1 fully saturated rings. The molecule has 0 aliphatic carbocycles. The molecule has 4 aromatic rings. The number of hydrogen-bond acceptors (Lipinski definition) is 4. The van der Waals surface area contributed by atoms with Crippen molar-refractivity contribution in [3.8, 4) is 11.4 Å². The molecule has 0 N–H and O–H groups in total. The minimum absolute atomic E-state index is 0. The Bertz CT molecular complexity index is 1530. The average molecular weight is 533 g/mol. The summed E-state index contributed by atoms with van der Waals surface area (Å²) in [6.45, 7) is 2.80. The summed E-state index contributed by atoms with van der Waals surface area (Å²) in [6.07, 6.45) is 4.64. The van der Waals surface area contributed by atoms with Crippen LogP contribution in [0.5, 0.6) is 5.75 Å². The summed E-state index contributed by atoms with van der Waals surface area (Å²) in [5.74, 6) is 0.804. The second-order valence-electron chi connectivity index (χ2n) is 10.2. The van der Waals surface area contributed by atoms with E-state index in [-0.39, 0.29) is 29.9 Å². The summed E-state index contributed by atoms with van der Waals surface area (Å²) in [6, 6.07) is 19.4. The zero-order chi connectivity index (χ0) is 25.5. The number of likely N-dealkylation sites (N-methyl/N-ethyl adjacent to an activating group) is 1. The lowest BCUT2D eigenvalue weighted by molar-refractivity contribution is -0.136. The van der Waals surface area contributed by atoms with Crippen LogP contribution in [0, 0.1) is 0 Å². The molecule has 0 saturated carbocycles. The molecule has 0 spiro atoms. The number of ether oxygens (including phenoxy) is 1. The molecule has 1 atom stereocenters. The molecule has 2 aromatic carbocycles. The van der Waals surface area contributed by atoms with Crippen LogP contribution in [0.1, 0.15) is 29.7 Å². The number of carbonyl (C=O) groups excluding carboxylic acids is 1. The number of fused-ring (bicyclic) bond motifs is 3. The van der Waals surface area contributed by atoms with Gasteiger partial charge < -0.3 is 14.2 Å². The van der Waals surface area contributed by atoms with E-state index in [4.69, 9.17) is 4.74 Å². The smallest absolute Gasteiger partial charge is 0.258 e. The quantitative estimate of drug-likeness (QED) is 0.384. The van der Waals surface area contributed by atoms with Gasteiger partial charge >= 0.3 is 0 Å². The number of aryl methyl sites for hydroxylation is 1. The SMILES string of the molecule is CN1CCCC1C(=O)N1CCc2c(c3ccc(-n4ccc(OCc5ccccc5)cc4=O)cc3n2C)C1.Cl. The van der Waals surface area contributed by atoms with Gasteiger partial charge in [-0.25, -0.2) is 0 Å². The first-order valence-electron chi connectivity index (χ1n) is 13.0. The molecule has 1 unspecified atom stereocenters. The molecule has 1 saturated heterocycles. The predicted molar refractivity (Wildman–Crippen MR) is 151 cm³/mol. The summed E-state index contributed by atoms with van der Waals surface area (Å²) in [4.78, 5) is 30.4. The van der Waals surface area contributed by atoms with Crippen LogP contribution in [0.3, 0.4) is 0 Å². The van der Waals surface area contributed by atoms with Crippen molar-refractivity contribution >= 4 is 29.2 Å². The number of aromatic nitrogens is 2. The van der Waals surface area contributed by atoms with Crippen molar-refractivity contribution in [3.05, 3.63) is 94.0 Å². The van der Waals surface area contributed by atoms with Crippen LogP contribution >= 0.6 is 12.4 Å². The Morgan fingerprint density at radius 2 is 1.84 bits per heavy atom. The van der Waals surface area contributed by atoms with Crippen LogP contribution in [0.4, 0.5) is 0 Å². The summed E-state index contributed by atoms with van der Waals surface area (Å²) in [5, 5.41) is 1.15. The molecule has 6 rings (SSSR count). The highest BCUT2D eigenvalue weighted by Crippen LogP contribution is 2.32. The van der Waals surface area contributed by atoms with E-state index in [1.807, 2.05) is 54.4 Å². The molecular weight excluding hydrogens is 500 g/mol. The van der Waals surface area contributed by atoms with Crippen LogP contribution in [-0.4, -0.2) is 51.0 Å². The number of nitrogens with zero attached hydrogens (tertiary/aromatic N) is 4. The fraction of sp³-hybridized carbons (Fsp3) is 0.333. The molecule has 2 aromatic heterocycles. The lowest BCUT2D eigenvalue weighted by atomic mass is 10.0. The van der Waals surface area contributed by atoms with E-state index in [0.717, 1.165) is 54.5 Å². The number of rotatable bonds is 5. The van der Waals surface area contributed by atoms with Gasteiger partial charge in [0.25, 0.3) is 5.56 Å². The zero-order valence-electron chi connectivity index (χ0n) is 21.8. The van der Waals surface area contributed by atoms with Crippen LogP contribution in [-0.2, 0) is 31.4 Å². The lowest BCUT2D eigenvalue weighted by Crippen LogP contribution is -2.46. The largest absolute Gasteiger partial charge is 0.489 e. The molecule has 0 radical (unpaired) electrons. The Balaban J connectivity index is 0.00000294. The molecule has 198 valence electrons. The summed E-state index contributed by atoms with van der Waals surface area (Å²) < 4.78 is 9.70. The fourth-order valence-corrected chi connectivity index (χ4v) is 5.84. The standard InChI is InChI=1S/C30H32N4O3.ClH/c1-31-14-6-9-27(31)30(36)33-15-13-26-25(19-33)24-11-10-22(17-28(24)32(26)2)34-16-12-23(18-29(34)35)37-20-21-7-4-3-5-8-21;/h3-5,7-8,10-12,16-18,27H,6,9,13-15,19-20H2,1-2H3;1H. The second kappa shape index (κ2) is 10.7. The molecule has 1 amide bonds. The van der Waals surface area contributed by atoms with Gasteiger partial charge in [0.15, 0.2) is 0 Å². The lowest BCUT2D eigenvalue weighted by Gasteiger charge is -2.32. The maximum absolute atomic E-state index is 13.2. The third-order valence-corrected chi connectivity index (χ3v) is 7.92. The number of carbonyl (C=O) groups is 1. The third-order valence-electron chi connectivity index (χ3n) is 7.92. The third kappa shape index (κ3) is 4.72. The van der Waals surface area contributed by atoms with Crippen molar-refractivity contribution in [3.63, 3.8) is 0 Å². The first-order chi connectivity index (χ1) is 18.0. The Morgan fingerprint density at radius 3 is 2.58 bits per heavy atom. The molecule has 8 heteroatoms. The number of amides is 1. The second-order valence-corrected chi connectivity index (χ2v) is 10.2. The molecule has 7 nitrogen and oxygen atoms in total. The van der Waals surface area contributed by atoms with Gasteiger partial charge in [0.2, 0.25) is 5.91 Å². The van der Waals surface area contributed by atoms with Gasteiger partial charge in [0.05, 0.1) is 17.2 Å². The molecule has 2 aliphatic rings. The van der Waals surface area contributed by atoms with Crippen LogP contribution in [0.25, 0.3) is 16.6 Å². The van der Waals surface area contributed by atoms with Crippen molar-refractivity contribution in [2.75, 3.05) is 20.1 Å². The summed E-state index contributed by atoms with van der Waals surface area (Å²) in [7, 11) is 4.13. The van der Waals surface area contributed by atoms with Gasteiger partial charge in [-0.05, 0) is 50.2 Å². The van der Waals surface area contributed by atoms with E-state index in [2.05, 4.69) is 28.6 Å². The van der Waals surface area contributed by atoms with Gasteiger partial charge in [0.1, 0.15) is 12.4 Å². The summed E-state index contributed by atoms with van der Waals surface area (Å²) >= 11 is 0. The topological polar surface area (TPSA) is 59.7 Å². The van der Waals surface area contributed by atoms with Gasteiger partial charge in [-0.15, -0.1) is 12.4 Å². The highest BCUT2D eigenvalue weighted by molar-refractivity contribution is 5.89. The van der Waals surface area contributed by atoms with Crippen molar-refractivity contribution in [1.29, 1.82) is 0 Å². The first-order valence-corrected chi connectivity index (χ1v) is 13.0. The first kappa shape index (κ1) is 26.1. The van der Waals surface area contributed by atoms with E-state index >= 15 is 0 Å². The highest BCUT2D eigenvalue weighted by atomic mass is 35.5. The van der Waals surface area contributed by atoms with Gasteiger partial charge in [-0.1, -0.05) is 36.4 Å². The van der Waals surface area contributed by atoms with Crippen molar-refractivity contribution < 1.29 is 9.53 Å². The van der Waals surface area contributed by atoms with E-state index in [1.54, 1.807) is 10.8 Å². The van der Waals surface area contributed by atoms with E-state index in [9.17, 15) is 9.59 Å². The average Bonchev–Trinajstić information content (AvgIpc) is 3.48. The fourth-order valence-electron chi connectivity index (χ4n) is 5.84. The van der Waals surface area contributed by atoms with Crippen LogP contribution in [0.2, 0.25) is 0 Å².